The van der Waals surface area contributed by atoms with Crippen molar-refractivity contribution >= 4 is 28.9 Å². The normalized spacial score (nSPS) is 10.3. The van der Waals surface area contributed by atoms with Gasteiger partial charge in [-0.05, 0) is 23.8 Å². The Morgan fingerprint density at radius 1 is 1.20 bits per heavy atom. The molecule has 0 aromatic heterocycles. The van der Waals surface area contributed by atoms with E-state index in [1.807, 2.05) is 0 Å². The summed E-state index contributed by atoms with van der Waals surface area (Å²) in [7, 11) is 0. The van der Waals surface area contributed by atoms with Crippen LogP contribution in [0.25, 0.3) is 0 Å². The summed E-state index contributed by atoms with van der Waals surface area (Å²) in [5.74, 6) is 0.179. The van der Waals surface area contributed by atoms with Crippen LogP contribution in [-0.4, -0.2) is 4.92 Å². The van der Waals surface area contributed by atoms with Crippen LogP contribution < -0.4 is 4.74 Å². The van der Waals surface area contributed by atoms with E-state index in [2.05, 4.69) is 0 Å². The highest BCUT2D eigenvalue weighted by Crippen LogP contribution is 2.31. The predicted octanol–water partition coefficient (Wildman–Crippen LogP) is 4.92. The molecule has 0 saturated carbocycles. The van der Waals surface area contributed by atoms with E-state index in [-0.39, 0.29) is 28.1 Å². The Labute approximate surface area is 123 Å². The van der Waals surface area contributed by atoms with Gasteiger partial charge in [0.2, 0.25) is 0 Å². The molecule has 0 radical (unpaired) electrons. The third-order valence-electron chi connectivity index (χ3n) is 2.44. The number of nitro groups is 1. The van der Waals surface area contributed by atoms with Crippen molar-refractivity contribution in [1.29, 1.82) is 0 Å². The van der Waals surface area contributed by atoms with Gasteiger partial charge in [-0.2, -0.15) is 0 Å². The van der Waals surface area contributed by atoms with Gasteiger partial charge in [0, 0.05) is 24.1 Å². The monoisotopic (exact) mass is 315 g/mol. The lowest BCUT2D eigenvalue weighted by Crippen LogP contribution is -1.91. The molecule has 2 aromatic carbocycles. The van der Waals surface area contributed by atoms with Crippen molar-refractivity contribution < 1.29 is 14.1 Å². The summed E-state index contributed by atoms with van der Waals surface area (Å²) in [6, 6.07) is 7.96. The Kier molecular flexibility index (Phi) is 4.42. The fraction of sp³-hybridized carbons (Fsp3) is 0.0769. The SMILES string of the molecule is O=[N+]([O-])c1ccc(Oc2cc(F)cc(CCl)c2)cc1Cl. The smallest absolute Gasteiger partial charge is 0.288 e. The fourth-order valence-corrected chi connectivity index (χ4v) is 1.99. The highest BCUT2D eigenvalue weighted by molar-refractivity contribution is 6.32. The number of ether oxygens (including phenoxy) is 1. The molecular formula is C13H8Cl2FNO3. The predicted molar refractivity (Wildman–Crippen MR) is 74.1 cm³/mol. The van der Waals surface area contributed by atoms with Gasteiger partial charge in [0.1, 0.15) is 22.3 Å². The summed E-state index contributed by atoms with van der Waals surface area (Å²) in [6.07, 6.45) is 0. The zero-order chi connectivity index (χ0) is 14.7. The van der Waals surface area contributed by atoms with Crippen molar-refractivity contribution in [3.8, 4) is 11.5 Å². The lowest BCUT2D eigenvalue weighted by molar-refractivity contribution is -0.384. The van der Waals surface area contributed by atoms with E-state index >= 15 is 0 Å². The fourth-order valence-electron chi connectivity index (χ4n) is 1.59. The molecule has 0 aliphatic carbocycles. The Balaban J connectivity index is 2.28. The van der Waals surface area contributed by atoms with Crippen molar-refractivity contribution in [2.45, 2.75) is 5.88 Å². The van der Waals surface area contributed by atoms with Gasteiger partial charge in [-0.3, -0.25) is 10.1 Å². The first-order valence-electron chi connectivity index (χ1n) is 5.47. The first-order chi connectivity index (χ1) is 9.49. The number of nitro benzene ring substituents is 1. The van der Waals surface area contributed by atoms with Crippen LogP contribution in [-0.2, 0) is 5.88 Å². The molecule has 0 saturated heterocycles. The van der Waals surface area contributed by atoms with Crippen LogP contribution >= 0.6 is 23.2 Å². The topological polar surface area (TPSA) is 52.4 Å². The van der Waals surface area contributed by atoms with Crippen LogP contribution in [0.2, 0.25) is 5.02 Å². The molecule has 0 fully saturated rings. The average molecular weight is 316 g/mol. The van der Waals surface area contributed by atoms with Gasteiger partial charge in [0.15, 0.2) is 0 Å². The molecule has 20 heavy (non-hydrogen) atoms. The van der Waals surface area contributed by atoms with Gasteiger partial charge >= 0.3 is 0 Å². The van der Waals surface area contributed by atoms with Crippen molar-refractivity contribution in [1.82, 2.24) is 0 Å². The number of rotatable bonds is 4. The zero-order valence-electron chi connectivity index (χ0n) is 9.98. The largest absolute Gasteiger partial charge is 0.457 e. The average Bonchev–Trinajstić information content (AvgIpc) is 2.37. The number of nitrogens with zero attached hydrogens (tertiary/aromatic N) is 1. The molecule has 0 N–H and O–H groups in total. The van der Waals surface area contributed by atoms with Crippen LogP contribution in [0, 0.1) is 15.9 Å². The maximum atomic E-state index is 13.3. The second-order valence-corrected chi connectivity index (χ2v) is 4.58. The molecule has 104 valence electrons. The third kappa shape index (κ3) is 3.37. The number of halogens is 3. The lowest BCUT2D eigenvalue weighted by Gasteiger charge is -2.07. The molecular weight excluding hydrogens is 308 g/mol. The lowest BCUT2D eigenvalue weighted by atomic mass is 10.2. The van der Waals surface area contributed by atoms with E-state index in [9.17, 15) is 14.5 Å². The molecule has 0 atom stereocenters. The Hall–Kier alpha value is -1.85. The minimum atomic E-state index is -0.597. The molecule has 4 nitrogen and oxygen atoms in total. The van der Waals surface area contributed by atoms with Crippen LogP contribution in [0.5, 0.6) is 11.5 Å². The van der Waals surface area contributed by atoms with E-state index in [0.29, 0.717) is 5.56 Å². The zero-order valence-corrected chi connectivity index (χ0v) is 11.5. The van der Waals surface area contributed by atoms with Gasteiger partial charge in [-0.1, -0.05) is 11.6 Å². The van der Waals surface area contributed by atoms with Gasteiger partial charge in [-0.15, -0.1) is 11.6 Å². The van der Waals surface area contributed by atoms with Crippen molar-refractivity contribution in [3.05, 3.63) is 62.9 Å². The highest BCUT2D eigenvalue weighted by atomic mass is 35.5. The number of benzene rings is 2. The summed E-state index contributed by atoms with van der Waals surface area (Å²) < 4.78 is 18.7. The molecule has 0 aliphatic rings. The Morgan fingerprint density at radius 2 is 1.95 bits per heavy atom. The van der Waals surface area contributed by atoms with Gasteiger partial charge in [0.05, 0.1) is 4.92 Å². The minimum absolute atomic E-state index is 0.0542. The molecule has 2 rings (SSSR count). The van der Waals surface area contributed by atoms with Gasteiger partial charge in [-0.25, -0.2) is 4.39 Å². The van der Waals surface area contributed by atoms with E-state index in [4.69, 9.17) is 27.9 Å². The van der Waals surface area contributed by atoms with Crippen molar-refractivity contribution in [2.75, 3.05) is 0 Å². The van der Waals surface area contributed by atoms with Crippen LogP contribution in [0.15, 0.2) is 36.4 Å². The highest BCUT2D eigenvalue weighted by Gasteiger charge is 2.13. The first-order valence-corrected chi connectivity index (χ1v) is 6.38. The van der Waals surface area contributed by atoms with Crippen molar-refractivity contribution in [3.63, 3.8) is 0 Å². The summed E-state index contributed by atoms with van der Waals surface area (Å²) in [4.78, 5) is 10.0. The van der Waals surface area contributed by atoms with E-state index in [1.54, 1.807) is 6.07 Å². The summed E-state index contributed by atoms with van der Waals surface area (Å²) >= 11 is 11.4. The van der Waals surface area contributed by atoms with E-state index in [1.165, 1.54) is 30.3 Å². The quantitative estimate of drug-likeness (QED) is 0.457. The number of hydrogen-bond acceptors (Lipinski definition) is 3. The number of hydrogen-bond donors (Lipinski definition) is 0. The summed E-state index contributed by atoms with van der Waals surface area (Å²) in [6.45, 7) is 0. The molecule has 0 unspecified atom stereocenters. The Bertz CT molecular complexity index is 664. The van der Waals surface area contributed by atoms with Crippen molar-refractivity contribution in [2.24, 2.45) is 0 Å². The van der Waals surface area contributed by atoms with Gasteiger partial charge < -0.3 is 4.74 Å². The Morgan fingerprint density at radius 3 is 2.55 bits per heavy atom. The number of alkyl halides is 1. The second kappa shape index (κ2) is 6.07. The third-order valence-corrected chi connectivity index (χ3v) is 3.05. The maximum absolute atomic E-state index is 13.3. The molecule has 7 heteroatoms. The minimum Gasteiger partial charge on any atom is -0.457 e. The van der Waals surface area contributed by atoms with E-state index < -0.39 is 10.7 Å². The van der Waals surface area contributed by atoms with Gasteiger partial charge in [0.25, 0.3) is 5.69 Å². The summed E-state index contributed by atoms with van der Waals surface area (Å²) in [5, 5.41) is 10.6. The molecule has 0 aliphatic heterocycles. The summed E-state index contributed by atoms with van der Waals surface area (Å²) in [5.41, 5.74) is 0.342. The van der Waals surface area contributed by atoms with E-state index in [0.717, 1.165) is 0 Å². The second-order valence-electron chi connectivity index (χ2n) is 3.90. The molecule has 2 aromatic rings. The maximum Gasteiger partial charge on any atom is 0.288 e. The molecule has 0 amide bonds. The van der Waals surface area contributed by atoms with Crippen LogP contribution in [0.1, 0.15) is 5.56 Å². The van der Waals surface area contributed by atoms with Crippen LogP contribution in [0.4, 0.5) is 10.1 Å². The molecule has 0 bridgehead atoms. The standard InChI is InChI=1S/C13H8Cl2FNO3/c14-7-8-3-9(16)5-11(4-8)20-10-1-2-13(17(18)19)12(15)6-10/h1-6H,7H2. The molecule has 0 spiro atoms. The molecule has 0 heterocycles. The van der Waals surface area contributed by atoms with Crippen LogP contribution in [0.3, 0.4) is 0 Å². The first kappa shape index (κ1) is 14.6.